The maximum absolute atomic E-state index is 6.04. The SMILES string of the molecule is CCCCCCCCCCCCCCC[Si](CC)(OCC)OCC. The summed E-state index contributed by atoms with van der Waals surface area (Å²) in [7, 11) is -1.87. The summed E-state index contributed by atoms with van der Waals surface area (Å²) in [5, 5.41) is 0. The fourth-order valence-electron chi connectivity index (χ4n) is 3.51. The molecule has 0 saturated heterocycles. The molecule has 0 unspecified atom stereocenters. The molecule has 0 radical (unpaired) electrons. The normalized spacial score (nSPS) is 12.0. The quantitative estimate of drug-likeness (QED) is 0.175. The van der Waals surface area contributed by atoms with Gasteiger partial charge in [-0.2, -0.15) is 0 Å². The molecule has 3 heteroatoms. The Morgan fingerprint density at radius 2 is 0.875 bits per heavy atom. The fourth-order valence-corrected chi connectivity index (χ4v) is 6.48. The first-order valence-electron chi connectivity index (χ1n) is 11.0. The molecule has 2 nitrogen and oxygen atoms in total. The van der Waals surface area contributed by atoms with Gasteiger partial charge in [-0.25, -0.2) is 0 Å². The van der Waals surface area contributed by atoms with Gasteiger partial charge in [0.15, 0.2) is 0 Å². The lowest BCUT2D eigenvalue weighted by molar-refractivity contribution is 0.182. The Kier molecular flexibility index (Phi) is 18.0. The first-order chi connectivity index (χ1) is 11.7. The second-order valence-electron chi connectivity index (χ2n) is 7.12. The fraction of sp³-hybridized carbons (Fsp3) is 1.00. The zero-order chi connectivity index (χ0) is 17.9. The highest BCUT2D eigenvalue weighted by molar-refractivity contribution is 6.67. The van der Waals surface area contributed by atoms with Gasteiger partial charge < -0.3 is 8.85 Å². The minimum absolute atomic E-state index is 0.804. The second-order valence-corrected chi connectivity index (χ2v) is 10.7. The smallest absolute Gasteiger partial charge is 0.337 e. The van der Waals surface area contributed by atoms with Gasteiger partial charge in [0.2, 0.25) is 0 Å². The molecule has 0 aliphatic rings. The Hall–Kier alpha value is 0.137. The molecule has 0 N–H and O–H groups in total. The third kappa shape index (κ3) is 13.4. The molecular weight excluding hydrogens is 312 g/mol. The summed E-state index contributed by atoms with van der Waals surface area (Å²) >= 11 is 0. The van der Waals surface area contributed by atoms with Crippen LogP contribution in [0.25, 0.3) is 0 Å². The monoisotopic (exact) mass is 358 g/mol. The first kappa shape index (κ1) is 24.1. The molecule has 0 fully saturated rings. The minimum atomic E-state index is -1.87. The molecule has 24 heavy (non-hydrogen) atoms. The van der Waals surface area contributed by atoms with Crippen LogP contribution in [0.4, 0.5) is 0 Å². The summed E-state index contributed by atoms with van der Waals surface area (Å²) in [6.45, 7) is 10.3. The van der Waals surface area contributed by atoms with Crippen molar-refractivity contribution in [3.63, 3.8) is 0 Å². The lowest BCUT2D eigenvalue weighted by atomic mass is 10.1. The van der Waals surface area contributed by atoms with Gasteiger partial charge >= 0.3 is 8.56 Å². The zero-order valence-corrected chi connectivity index (χ0v) is 18.3. The van der Waals surface area contributed by atoms with Crippen LogP contribution in [0.1, 0.15) is 111 Å². The number of hydrogen-bond acceptors (Lipinski definition) is 2. The van der Waals surface area contributed by atoms with E-state index in [2.05, 4.69) is 27.7 Å². The summed E-state index contributed by atoms with van der Waals surface area (Å²) in [6.07, 6.45) is 18.4. The van der Waals surface area contributed by atoms with E-state index in [1.165, 1.54) is 89.5 Å². The van der Waals surface area contributed by atoms with Crippen molar-refractivity contribution in [1.82, 2.24) is 0 Å². The van der Waals surface area contributed by atoms with Gasteiger partial charge in [-0.05, 0) is 25.9 Å². The standard InChI is InChI=1S/C21H46O2Si/c1-5-9-10-11-12-13-14-15-16-17-18-19-20-21-24(8-4,22-6-2)23-7-3/h5-21H2,1-4H3. The van der Waals surface area contributed by atoms with Crippen LogP contribution < -0.4 is 0 Å². The summed E-state index contributed by atoms with van der Waals surface area (Å²) in [5.41, 5.74) is 0. The molecule has 0 bridgehead atoms. The molecule has 0 amide bonds. The van der Waals surface area contributed by atoms with Crippen LogP contribution in [0.15, 0.2) is 0 Å². The van der Waals surface area contributed by atoms with Crippen LogP contribution in [0.5, 0.6) is 0 Å². The Balaban J connectivity index is 3.45. The van der Waals surface area contributed by atoms with Gasteiger partial charge in [-0.1, -0.05) is 97.3 Å². The summed E-state index contributed by atoms with van der Waals surface area (Å²) in [5.74, 6) is 0. The molecule has 0 spiro atoms. The Morgan fingerprint density at radius 3 is 1.21 bits per heavy atom. The number of rotatable bonds is 19. The van der Waals surface area contributed by atoms with Crippen molar-refractivity contribution in [3.05, 3.63) is 0 Å². The van der Waals surface area contributed by atoms with Crippen LogP contribution in [-0.4, -0.2) is 21.8 Å². The highest BCUT2D eigenvalue weighted by Gasteiger charge is 2.33. The van der Waals surface area contributed by atoms with Crippen molar-refractivity contribution in [2.75, 3.05) is 13.2 Å². The van der Waals surface area contributed by atoms with Crippen LogP contribution in [0, 0.1) is 0 Å². The third-order valence-corrected chi connectivity index (χ3v) is 8.84. The number of hydrogen-bond donors (Lipinski definition) is 0. The van der Waals surface area contributed by atoms with Gasteiger partial charge in [-0.15, -0.1) is 0 Å². The maximum atomic E-state index is 6.04. The van der Waals surface area contributed by atoms with Gasteiger partial charge in [0.05, 0.1) is 0 Å². The molecule has 0 aliphatic carbocycles. The van der Waals surface area contributed by atoms with E-state index in [0.717, 1.165) is 19.3 Å². The van der Waals surface area contributed by atoms with Gasteiger partial charge in [-0.3, -0.25) is 0 Å². The number of unbranched alkanes of at least 4 members (excludes halogenated alkanes) is 12. The van der Waals surface area contributed by atoms with E-state index in [9.17, 15) is 0 Å². The van der Waals surface area contributed by atoms with Crippen molar-refractivity contribution in [3.8, 4) is 0 Å². The summed E-state index contributed by atoms with van der Waals surface area (Å²) in [6, 6.07) is 2.27. The predicted octanol–water partition coefficient (Wildman–Crippen LogP) is 7.61. The molecule has 0 aliphatic heterocycles. The van der Waals surface area contributed by atoms with Gasteiger partial charge in [0.25, 0.3) is 0 Å². The summed E-state index contributed by atoms with van der Waals surface area (Å²) < 4.78 is 12.1. The lowest BCUT2D eigenvalue weighted by Gasteiger charge is -2.28. The third-order valence-electron chi connectivity index (χ3n) is 5.01. The Labute approximate surface area is 154 Å². The molecule has 0 aromatic carbocycles. The summed E-state index contributed by atoms with van der Waals surface area (Å²) in [4.78, 5) is 0. The van der Waals surface area contributed by atoms with Crippen molar-refractivity contribution in [1.29, 1.82) is 0 Å². The Bertz CT molecular complexity index is 240. The van der Waals surface area contributed by atoms with E-state index in [1.54, 1.807) is 0 Å². The average molecular weight is 359 g/mol. The minimum Gasteiger partial charge on any atom is -0.394 e. The maximum Gasteiger partial charge on any atom is 0.337 e. The van der Waals surface area contributed by atoms with Gasteiger partial charge in [0.1, 0.15) is 0 Å². The second kappa shape index (κ2) is 17.9. The lowest BCUT2D eigenvalue weighted by Crippen LogP contribution is -2.41. The molecule has 146 valence electrons. The van der Waals surface area contributed by atoms with Gasteiger partial charge in [0, 0.05) is 13.2 Å². The first-order valence-corrected chi connectivity index (χ1v) is 13.3. The van der Waals surface area contributed by atoms with E-state index >= 15 is 0 Å². The van der Waals surface area contributed by atoms with Crippen LogP contribution >= 0.6 is 0 Å². The molecule has 0 rings (SSSR count). The molecular formula is C21H46O2Si. The largest absolute Gasteiger partial charge is 0.394 e. The highest BCUT2D eigenvalue weighted by atomic mass is 28.4. The zero-order valence-electron chi connectivity index (χ0n) is 17.3. The van der Waals surface area contributed by atoms with E-state index < -0.39 is 8.56 Å². The molecule has 0 atom stereocenters. The van der Waals surface area contributed by atoms with E-state index in [4.69, 9.17) is 8.85 Å². The van der Waals surface area contributed by atoms with Crippen molar-refractivity contribution in [2.24, 2.45) is 0 Å². The molecule has 0 heterocycles. The van der Waals surface area contributed by atoms with E-state index in [0.29, 0.717) is 0 Å². The Morgan fingerprint density at radius 1 is 0.500 bits per heavy atom. The molecule has 0 saturated carbocycles. The topological polar surface area (TPSA) is 18.5 Å². The predicted molar refractivity (Wildman–Crippen MR) is 110 cm³/mol. The average Bonchev–Trinajstić information content (AvgIpc) is 2.59. The highest BCUT2D eigenvalue weighted by Crippen LogP contribution is 2.23. The molecule has 0 aromatic heterocycles. The van der Waals surface area contributed by atoms with Crippen molar-refractivity contribution in [2.45, 2.75) is 123 Å². The van der Waals surface area contributed by atoms with Crippen molar-refractivity contribution >= 4 is 8.56 Å². The van der Waals surface area contributed by atoms with E-state index in [1.807, 2.05) is 0 Å². The van der Waals surface area contributed by atoms with Crippen LogP contribution in [0.3, 0.4) is 0 Å². The molecule has 0 aromatic rings. The van der Waals surface area contributed by atoms with Crippen LogP contribution in [0.2, 0.25) is 12.1 Å². The van der Waals surface area contributed by atoms with Crippen LogP contribution in [-0.2, 0) is 8.85 Å². The van der Waals surface area contributed by atoms with Crippen molar-refractivity contribution < 1.29 is 8.85 Å². The van der Waals surface area contributed by atoms with E-state index in [-0.39, 0.29) is 0 Å².